The molecule has 0 spiro atoms. The fraction of sp³-hybridized carbons (Fsp3) is 0.350. The molecule has 0 amide bonds. The number of hydrogen-bond acceptors (Lipinski definition) is 3. The van der Waals surface area contributed by atoms with E-state index in [0.29, 0.717) is 18.9 Å². The van der Waals surface area contributed by atoms with Crippen LogP contribution in [0.1, 0.15) is 22.3 Å². The van der Waals surface area contributed by atoms with Gasteiger partial charge in [-0.05, 0) is 30.2 Å². The summed E-state index contributed by atoms with van der Waals surface area (Å²) in [7, 11) is 3.72. The Balaban J connectivity index is 0.00000261. The lowest BCUT2D eigenvalue weighted by Crippen LogP contribution is -2.38. The van der Waals surface area contributed by atoms with Gasteiger partial charge in [-0.3, -0.25) is 4.99 Å². The van der Waals surface area contributed by atoms with E-state index in [-0.39, 0.29) is 36.6 Å². The van der Waals surface area contributed by atoms with Crippen molar-refractivity contribution in [2.45, 2.75) is 26.6 Å². The van der Waals surface area contributed by atoms with Crippen LogP contribution in [0.15, 0.2) is 41.4 Å². The zero-order chi connectivity index (χ0) is 18.5. The van der Waals surface area contributed by atoms with Crippen LogP contribution in [0.3, 0.4) is 0 Å². The van der Waals surface area contributed by atoms with Crippen LogP contribution in [0.25, 0.3) is 0 Å². The Hall–Kier alpha value is -1.87. The summed E-state index contributed by atoms with van der Waals surface area (Å²) < 4.78 is 24.7. The van der Waals surface area contributed by atoms with E-state index in [2.05, 4.69) is 29.4 Å². The molecule has 2 aromatic rings. The third kappa shape index (κ3) is 5.32. The van der Waals surface area contributed by atoms with Crippen molar-refractivity contribution in [3.8, 4) is 5.75 Å². The Morgan fingerprint density at radius 1 is 1.26 bits per heavy atom. The van der Waals surface area contributed by atoms with Crippen LogP contribution in [-0.2, 0) is 24.4 Å². The van der Waals surface area contributed by atoms with Gasteiger partial charge in [-0.15, -0.1) is 24.0 Å². The monoisotopic (exact) mass is 485 g/mol. The predicted octanol–water partition coefficient (Wildman–Crippen LogP) is 3.83. The fourth-order valence-corrected chi connectivity index (χ4v) is 3.06. The number of rotatable bonds is 4. The van der Waals surface area contributed by atoms with Gasteiger partial charge in [-0.25, -0.2) is 4.39 Å². The molecule has 146 valence electrons. The predicted molar refractivity (Wildman–Crippen MR) is 115 cm³/mol. The van der Waals surface area contributed by atoms with Gasteiger partial charge in [0, 0.05) is 38.3 Å². The molecule has 0 bridgehead atoms. The van der Waals surface area contributed by atoms with Crippen LogP contribution in [-0.4, -0.2) is 31.7 Å². The first-order chi connectivity index (χ1) is 12.6. The van der Waals surface area contributed by atoms with Crippen molar-refractivity contribution in [3.63, 3.8) is 0 Å². The quantitative estimate of drug-likeness (QED) is 0.407. The molecule has 1 N–H and O–H groups in total. The number of nitrogens with zero attached hydrogens (tertiary/aromatic N) is 2. The van der Waals surface area contributed by atoms with Gasteiger partial charge >= 0.3 is 0 Å². The molecule has 1 aliphatic rings. The highest BCUT2D eigenvalue weighted by Crippen LogP contribution is 2.29. The molecule has 1 aliphatic heterocycles. The molecule has 0 aromatic heterocycles. The van der Waals surface area contributed by atoms with E-state index in [4.69, 9.17) is 9.47 Å². The van der Waals surface area contributed by atoms with E-state index in [1.54, 1.807) is 7.05 Å². The van der Waals surface area contributed by atoms with Crippen molar-refractivity contribution in [2.75, 3.05) is 20.9 Å². The van der Waals surface area contributed by atoms with E-state index >= 15 is 0 Å². The molecule has 3 rings (SSSR count). The van der Waals surface area contributed by atoms with E-state index in [9.17, 15) is 4.39 Å². The maximum atomic E-state index is 13.9. The van der Waals surface area contributed by atoms with Crippen LogP contribution in [0, 0.1) is 12.7 Å². The minimum absolute atomic E-state index is 0. The summed E-state index contributed by atoms with van der Waals surface area (Å²) in [6.45, 7) is 3.80. The summed E-state index contributed by atoms with van der Waals surface area (Å²) in [6.07, 6.45) is 0. The lowest BCUT2D eigenvalue weighted by molar-refractivity contribution is -0.0173. The normalized spacial score (nSPS) is 13.3. The van der Waals surface area contributed by atoms with Crippen LogP contribution >= 0.6 is 24.0 Å². The second-order valence-electron chi connectivity index (χ2n) is 6.35. The van der Waals surface area contributed by atoms with Crippen LogP contribution in [0.2, 0.25) is 0 Å². The van der Waals surface area contributed by atoms with Gasteiger partial charge < -0.3 is 19.7 Å². The Kier molecular flexibility index (Phi) is 7.85. The molecule has 0 atom stereocenters. The summed E-state index contributed by atoms with van der Waals surface area (Å²) in [5.41, 5.74) is 3.97. The van der Waals surface area contributed by atoms with Crippen molar-refractivity contribution >= 4 is 29.9 Å². The highest BCUT2D eigenvalue weighted by Gasteiger charge is 2.17. The van der Waals surface area contributed by atoms with E-state index in [0.717, 1.165) is 23.6 Å². The van der Waals surface area contributed by atoms with E-state index in [1.165, 1.54) is 23.3 Å². The SMILES string of the molecule is CN=C(NCc1cc(F)cc2c1OCOC2)N(C)Cc1ccccc1C.I. The average molecular weight is 485 g/mol. The molecule has 2 aromatic carbocycles. The number of aryl methyl sites for hydroxylation is 1. The largest absolute Gasteiger partial charge is 0.467 e. The van der Waals surface area contributed by atoms with Gasteiger partial charge in [0.05, 0.1) is 6.61 Å². The molecular weight excluding hydrogens is 460 g/mol. The van der Waals surface area contributed by atoms with Crippen molar-refractivity contribution in [2.24, 2.45) is 4.99 Å². The number of aliphatic imine (C=N–C) groups is 1. The second kappa shape index (κ2) is 9.89. The summed E-state index contributed by atoms with van der Waals surface area (Å²) in [5, 5.41) is 3.29. The molecule has 0 unspecified atom stereocenters. The first-order valence-corrected chi connectivity index (χ1v) is 8.56. The van der Waals surface area contributed by atoms with Crippen LogP contribution in [0.4, 0.5) is 4.39 Å². The lowest BCUT2D eigenvalue weighted by atomic mass is 10.1. The van der Waals surface area contributed by atoms with E-state index in [1.807, 2.05) is 24.1 Å². The summed E-state index contributed by atoms with van der Waals surface area (Å²) in [6, 6.07) is 11.2. The van der Waals surface area contributed by atoms with E-state index < -0.39 is 0 Å². The average Bonchev–Trinajstić information content (AvgIpc) is 2.64. The maximum absolute atomic E-state index is 13.9. The van der Waals surface area contributed by atoms with Crippen molar-refractivity contribution in [1.29, 1.82) is 0 Å². The van der Waals surface area contributed by atoms with Gasteiger partial charge in [-0.1, -0.05) is 24.3 Å². The van der Waals surface area contributed by atoms with Gasteiger partial charge in [0.1, 0.15) is 11.6 Å². The first-order valence-electron chi connectivity index (χ1n) is 8.56. The summed E-state index contributed by atoms with van der Waals surface area (Å²) >= 11 is 0. The fourth-order valence-electron chi connectivity index (χ4n) is 3.06. The topological polar surface area (TPSA) is 46.1 Å². The molecular formula is C20H25FIN3O2. The van der Waals surface area contributed by atoms with Gasteiger partial charge in [0.25, 0.3) is 0 Å². The number of ether oxygens (including phenoxy) is 2. The molecule has 5 nitrogen and oxygen atoms in total. The molecule has 0 saturated carbocycles. The van der Waals surface area contributed by atoms with Gasteiger partial charge in [0.2, 0.25) is 0 Å². The number of benzene rings is 2. The zero-order valence-electron chi connectivity index (χ0n) is 15.8. The number of guanidine groups is 1. The standard InChI is InChI=1S/C20H24FN3O2.HI/c1-14-6-4-5-7-15(14)11-24(3)20(22-2)23-10-16-8-18(21)9-17-12-25-13-26-19(16)17;/h4-9H,10-13H2,1-3H3,(H,22,23);1H. The molecule has 0 saturated heterocycles. The number of nitrogens with one attached hydrogen (secondary N) is 1. The zero-order valence-corrected chi connectivity index (χ0v) is 18.1. The Labute approximate surface area is 176 Å². The highest BCUT2D eigenvalue weighted by atomic mass is 127. The molecule has 27 heavy (non-hydrogen) atoms. The molecule has 7 heteroatoms. The van der Waals surface area contributed by atoms with Crippen molar-refractivity contribution in [3.05, 3.63) is 64.5 Å². The van der Waals surface area contributed by atoms with Crippen molar-refractivity contribution < 1.29 is 13.9 Å². The highest BCUT2D eigenvalue weighted by molar-refractivity contribution is 14.0. The Morgan fingerprint density at radius 2 is 2.04 bits per heavy atom. The summed E-state index contributed by atoms with van der Waals surface area (Å²) in [4.78, 5) is 6.38. The summed E-state index contributed by atoms with van der Waals surface area (Å²) in [5.74, 6) is 1.14. The van der Waals surface area contributed by atoms with Gasteiger partial charge in [-0.2, -0.15) is 0 Å². The Bertz CT molecular complexity index is 814. The van der Waals surface area contributed by atoms with Crippen LogP contribution in [0.5, 0.6) is 5.75 Å². The molecule has 0 radical (unpaired) electrons. The number of halogens is 2. The minimum atomic E-state index is -0.294. The third-order valence-electron chi connectivity index (χ3n) is 4.43. The maximum Gasteiger partial charge on any atom is 0.193 e. The number of hydrogen-bond donors (Lipinski definition) is 1. The molecule has 1 heterocycles. The Morgan fingerprint density at radius 3 is 2.78 bits per heavy atom. The minimum Gasteiger partial charge on any atom is -0.467 e. The van der Waals surface area contributed by atoms with Crippen molar-refractivity contribution in [1.82, 2.24) is 10.2 Å². The van der Waals surface area contributed by atoms with Gasteiger partial charge in [0.15, 0.2) is 12.8 Å². The molecule has 0 aliphatic carbocycles. The second-order valence-corrected chi connectivity index (χ2v) is 6.35. The smallest absolute Gasteiger partial charge is 0.193 e. The first kappa shape index (κ1) is 21.4. The number of fused-ring (bicyclic) bond motifs is 1. The third-order valence-corrected chi connectivity index (χ3v) is 4.43. The van der Waals surface area contributed by atoms with Crippen LogP contribution < -0.4 is 10.1 Å². The molecule has 0 fully saturated rings. The lowest BCUT2D eigenvalue weighted by Gasteiger charge is -2.25.